The van der Waals surface area contributed by atoms with Gasteiger partial charge in [-0.25, -0.2) is 0 Å². The maximum Gasteiger partial charge on any atom is 0.313 e. The average Bonchev–Trinajstić information content (AvgIpc) is 2.71. The molecule has 100 valence electrons. The summed E-state index contributed by atoms with van der Waals surface area (Å²) in [6.45, 7) is 1.90. The fourth-order valence-electron chi connectivity index (χ4n) is 1.55. The zero-order chi connectivity index (χ0) is 14.0. The van der Waals surface area contributed by atoms with Crippen LogP contribution in [0.1, 0.15) is 5.56 Å². The number of hydrogen-bond donors (Lipinski definition) is 2. The number of carboxylic acids is 1. The molecule has 0 aliphatic heterocycles. The van der Waals surface area contributed by atoms with Gasteiger partial charge in [0.25, 0.3) is 0 Å². The van der Waals surface area contributed by atoms with Crippen LogP contribution in [-0.4, -0.2) is 31.6 Å². The first-order valence-electron chi connectivity index (χ1n) is 5.31. The lowest BCUT2D eigenvalue weighted by atomic mass is 10.2. The van der Waals surface area contributed by atoms with Crippen LogP contribution in [0.5, 0.6) is 0 Å². The van der Waals surface area contributed by atoms with Gasteiger partial charge in [-0.1, -0.05) is 29.4 Å². The van der Waals surface area contributed by atoms with Crippen molar-refractivity contribution in [2.24, 2.45) is 0 Å². The van der Waals surface area contributed by atoms with Crippen LogP contribution in [-0.2, 0) is 4.79 Å². The van der Waals surface area contributed by atoms with Crippen LogP contribution < -0.4 is 5.73 Å². The van der Waals surface area contributed by atoms with E-state index in [2.05, 4.69) is 10.2 Å². The molecule has 1 aromatic heterocycles. The largest absolute Gasteiger partial charge is 0.481 e. The van der Waals surface area contributed by atoms with Gasteiger partial charge in [0.15, 0.2) is 5.16 Å². The van der Waals surface area contributed by atoms with Crippen molar-refractivity contribution in [1.29, 1.82) is 0 Å². The maximum absolute atomic E-state index is 10.6. The number of rotatable bonds is 4. The fourth-order valence-corrected chi connectivity index (χ4v) is 2.39. The molecule has 0 saturated carbocycles. The quantitative estimate of drug-likeness (QED) is 0.838. The number of thioether (sulfide) groups is 1. The molecule has 3 N–H and O–H groups in total. The molecule has 6 nitrogen and oxygen atoms in total. The van der Waals surface area contributed by atoms with Gasteiger partial charge in [0.2, 0.25) is 5.95 Å². The molecule has 0 aliphatic carbocycles. The van der Waals surface area contributed by atoms with E-state index in [9.17, 15) is 4.79 Å². The first-order chi connectivity index (χ1) is 8.99. The van der Waals surface area contributed by atoms with E-state index in [0.29, 0.717) is 10.2 Å². The molecule has 0 atom stereocenters. The molecule has 2 rings (SSSR count). The lowest BCUT2D eigenvalue weighted by Crippen LogP contribution is -2.05. The summed E-state index contributed by atoms with van der Waals surface area (Å²) < 4.78 is 1.59. The van der Waals surface area contributed by atoms with Crippen LogP contribution in [0.4, 0.5) is 5.95 Å². The molecule has 0 saturated heterocycles. The van der Waals surface area contributed by atoms with Gasteiger partial charge in [-0.15, -0.1) is 10.2 Å². The number of carbonyl (C=O) groups is 1. The Bertz CT molecular complexity index is 629. The second kappa shape index (κ2) is 5.50. The molecular weight excluding hydrogens is 288 g/mol. The number of nitrogens with zero attached hydrogens (tertiary/aromatic N) is 3. The van der Waals surface area contributed by atoms with Crippen molar-refractivity contribution in [3.8, 4) is 5.69 Å². The zero-order valence-electron chi connectivity index (χ0n) is 10.00. The van der Waals surface area contributed by atoms with Gasteiger partial charge in [0, 0.05) is 5.02 Å². The van der Waals surface area contributed by atoms with Crippen molar-refractivity contribution >= 4 is 35.3 Å². The Kier molecular flexibility index (Phi) is 3.96. The molecule has 0 bridgehead atoms. The fraction of sp³-hybridized carbons (Fsp3) is 0.182. The number of halogens is 1. The van der Waals surface area contributed by atoms with Crippen molar-refractivity contribution in [2.75, 3.05) is 11.5 Å². The first kappa shape index (κ1) is 13.7. The van der Waals surface area contributed by atoms with Gasteiger partial charge in [0.1, 0.15) is 0 Å². The highest BCUT2D eigenvalue weighted by atomic mass is 35.5. The standard InChI is InChI=1S/C11H11ClN4O2S/c1-6-2-3-7(12)4-8(6)16-10(13)14-15-11(16)19-5-9(17)18/h2-4H,5H2,1H3,(H2,13,14)(H,17,18). The third-order valence-corrected chi connectivity index (χ3v) is 3.54. The van der Waals surface area contributed by atoms with Crippen LogP contribution >= 0.6 is 23.4 Å². The molecule has 2 aromatic rings. The predicted molar refractivity (Wildman–Crippen MR) is 73.9 cm³/mol. The van der Waals surface area contributed by atoms with Crippen molar-refractivity contribution in [2.45, 2.75) is 12.1 Å². The molecule has 19 heavy (non-hydrogen) atoms. The van der Waals surface area contributed by atoms with Gasteiger partial charge in [-0.3, -0.25) is 9.36 Å². The Morgan fingerprint density at radius 2 is 2.26 bits per heavy atom. The van der Waals surface area contributed by atoms with Gasteiger partial charge < -0.3 is 10.8 Å². The number of hydrogen-bond acceptors (Lipinski definition) is 5. The van der Waals surface area contributed by atoms with E-state index in [1.54, 1.807) is 16.7 Å². The zero-order valence-corrected chi connectivity index (χ0v) is 11.6. The number of anilines is 1. The minimum atomic E-state index is -0.930. The molecule has 1 aromatic carbocycles. The van der Waals surface area contributed by atoms with Crippen LogP contribution in [0.25, 0.3) is 5.69 Å². The average molecular weight is 299 g/mol. The molecule has 0 amide bonds. The molecular formula is C11H11ClN4O2S. The van der Waals surface area contributed by atoms with Gasteiger partial charge in [-0.2, -0.15) is 0 Å². The topological polar surface area (TPSA) is 94.0 Å². The van der Waals surface area contributed by atoms with E-state index in [0.717, 1.165) is 23.0 Å². The second-order valence-corrected chi connectivity index (χ2v) is 5.17. The van der Waals surface area contributed by atoms with E-state index in [1.165, 1.54) is 0 Å². The summed E-state index contributed by atoms with van der Waals surface area (Å²) in [5.41, 5.74) is 7.46. The van der Waals surface area contributed by atoms with E-state index in [4.69, 9.17) is 22.4 Å². The number of aryl methyl sites for hydroxylation is 1. The van der Waals surface area contributed by atoms with Crippen molar-refractivity contribution in [1.82, 2.24) is 14.8 Å². The summed E-state index contributed by atoms with van der Waals surface area (Å²) in [6.07, 6.45) is 0. The smallest absolute Gasteiger partial charge is 0.313 e. The van der Waals surface area contributed by atoms with Crippen molar-refractivity contribution < 1.29 is 9.90 Å². The molecule has 0 radical (unpaired) electrons. The third kappa shape index (κ3) is 2.99. The number of benzene rings is 1. The SMILES string of the molecule is Cc1ccc(Cl)cc1-n1c(N)nnc1SCC(=O)O. The Hall–Kier alpha value is -1.73. The summed E-state index contributed by atoms with van der Waals surface area (Å²) >= 11 is 7.02. The number of carboxylic acid groups (broad SMARTS) is 1. The number of nitrogen functional groups attached to an aromatic ring is 1. The van der Waals surface area contributed by atoms with E-state index >= 15 is 0 Å². The Balaban J connectivity index is 2.46. The van der Waals surface area contributed by atoms with Crippen molar-refractivity contribution in [3.63, 3.8) is 0 Å². The minimum Gasteiger partial charge on any atom is -0.481 e. The summed E-state index contributed by atoms with van der Waals surface area (Å²) in [5.74, 6) is -0.850. The normalized spacial score (nSPS) is 10.6. The maximum atomic E-state index is 10.6. The third-order valence-electron chi connectivity index (χ3n) is 2.40. The van der Waals surface area contributed by atoms with Crippen LogP contribution in [0.15, 0.2) is 23.4 Å². The molecule has 0 aliphatic rings. The molecule has 0 spiro atoms. The minimum absolute atomic E-state index is 0.113. The van der Waals surface area contributed by atoms with Crippen LogP contribution in [0, 0.1) is 6.92 Å². The van der Waals surface area contributed by atoms with Gasteiger partial charge in [-0.05, 0) is 24.6 Å². The highest BCUT2D eigenvalue weighted by Crippen LogP contribution is 2.27. The highest BCUT2D eigenvalue weighted by molar-refractivity contribution is 7.99. The summed E-state index contributed by atoms with van der Waals surface area (Å²) in [4.78, 5) is 10.6. The number of aliphatic carboxylic acids is 1. The first-order valence-corrected chi connectivity index (χ1v) is 6.67. The van der Waals surface area contributed by atoms with E-state index < -0.39 is 5.97 Å². The molecule has 8 heteroatoms. The highest BCUT2D eigenvalue weighted by Gasteiger charge is 2.15. The lowest BCUT2D eigenvalue weighted by molar-refractivity contribution is -0.133. The summed E-state index contributed by atoms with van der Waals surface area (Å²) in [6, 6.07) is 5.36. The van der Waals surface area contributed by atoms with Gasteiger partial charge >= 0.3 is 5.97 Å². The second-order valence-electron chi connectivity index (χ2n) is 3.79. The van der Waals surface area contributed by atoms with Crippen LogP contribution in [0.2, 0.25) is 5.02 Å². The monoisotopic (exact) mass is 298 g/mol. The summed E-state index contributed by atoms with van der Waals surface area (Å²) in [5, 5.41) is 17.3. The van der Waals surface area contributed by atoms with E-state index in [1.807, 2.05) is 13.0 Å². The predicted octanol–water partition coefficient (Wildman–Crippen LogP) is 1.99. The van der Waals surface area contributed by atoms with Crippen molar-refractivity contribution in [3.05, 3.63) is 28.8 Å². The van der Waals surface area contributed by atoms with Gasteiger partial charge in [0.05, 0.1) is 11.4 Å². The molecule has 1 heterocycles. The Morgan fingerprint density at radius 1 is 1.53 bits per heavy atom. The van der Waals surface area contributed by atoms with E-state index in [-0.39, 0.29) is 11.7 Å². The number of nitrogens with two attached hydrogens (primary N) is 1. The lowest BCUT2D eigenvalue weighted by Gasteiger charge is -2.10. The molecule has 0 fully saturated rings. The van der Waals surface area contributed by atoms with Crippen LogP contribution in [0.3, 0.4) is 0 Å². The Labute approximate surface area is 118 Å². The summed E-state index contributed by atoms with van der Waals surface area (Å²) in [7, 11) is 0. The number of aromatic nitrogens is 3. The Morgan fingerprint density at radius 3 is 2.95 bits per heavy atom. The molecule has 0 unspecified atom stereocenters.